The molecule has 2 heterocycles. The predicted molar refractivity (Wildman–Crippen MR) is 284 cm³/mol. The molecule has 7 aromatic rings. The van der Waals surface area contributed by atoms with E-state index in [-0.39, 0.29) is 13.1 Å². The van der Waals surface area contributed by atoms with Gasteiger partial charge in [-0.25, -0.2) is 19.6 Å². The van der Waals surface area contributed by atoms with E-state index in [1.807, 2.05) is 42.2 Å². The Hall–Kier alpha value is -8.09. The minimum Gasteiger partial charge on any atom is -0.478 e. The third kappa shape index (κ3) is 16.5. The van der Waals surface area contributed by atoms with Gasteiger partial charge in [-0.15, -0.1) is 0 Å². The number of carboxylic acids is 2. The number of aromatic nitrogens is 2. The number of aryl methyl sites for hydroxylation is 2. The molecule has 0 aliphatic rings. The van der Waals surface area contributed by atoms with E-state index in [0.717, 1.165) is 78.3 Å². The van der Waals surface area contributed by atoms with Crippen LogP contribution in [-0.2, 0) is 47.8 Å². The molecular formula is C60H59F9N4O6. The summed E-state index contributed by atoms with van der Waals surface area (Å²) in [6.07, 6.45) is -11.4. The van der Waals surface area contributed by atoms with Gasteiger partial charge < -0.3 is 29.5 Å². The van der Waals surface area contributed by atoms with Gasteiger partial charge in [0, 0.05) is 37.3 Å². The lowest BCUT2D eigenvalue weighted by Crippen LogP contribution is -2.38. The van der Waals surface area contributed by atoms with Crippen LogP contribution in [0.2, 0.25) is 0 Å². The van der Waals surface area contributed by atoms with Crippen LogP contribution in [0.5, 0.6) is 11.5 Å². The summed E-state index contributed by atoms with van der Waals surface area (Å²) in [5.41, 5.74) is 0.891. The summed E-state index contributed by atoms with van der Waals surface area (Å²) in [6.45, 7) is 13.4. The van der Waals surface area contributed by atoms with Crippen LogP contribution >= 0.6 is 0 Å². The van der Waals surface area contributed by atoms with Gasteiger partial charge in [0.2, 0.25) is 0 Å². The van der Waals surface area contributed by atoms with E-state index in [4.69, 9.17) is 14.5 Å². The number of carbonyl (C=O) groups is 2. The van der Waals surface area contributed by atoms with Gasteiger partial charge >= 0.3 is 30.5 Å². The van der Waals surface area contributed by atoms with Crippen LogP contribution in [0.4, 0.5) is 51.1 Å². The van der Waals surface area contributed by atoms with Crippen LogP contribution in [0.25, 0.3) is 22.5 Å². The first kappa shape index (κ1) is 60.1. The SMILES string of the molecule is CCCCN(Cc1ccc(OC(C)(C)C(=O)O)c(C)c1)c1cccc(-c2ccc(C(F)(F)F)cc2)n1.Cc1cc(CN(Cc2ccc(C(F)(F)F)cc2)c2cccc(-c3ccc(C(F)(F)F)cc3)n2)ccc1OC(C)(C)C(=O)O. The molecule has 2 aromatic heterocycles. The molecule has 0 saturated heterocycles. The van der Waals surface area contributed by atoms with Crippen molar-refractivity contribution in [3.8, 4) is 34.0 Å². The summed E-state index contributed by atoms with van der Waals surface area (Å²) in [7, 11) is 0. The lowest BCUT2D eigenvalue weighted by Gasteiger charge is -2.26. The Morgan fingerprint density at radius 2 is 0.823 bits per heavy atom. The molecule has 0 aliphatic carbocycles. The fourth-order valence-corrected chi connectivity index (χ4v) is 7.97. The normalized spacial score (nSPS) is 12.1. The molecule has 5 aromatic carbocycles. The average Bonchev–Trinajstić information content (AvgIpc) is 3.44. The minimum atomic E-state index is -4.48. The third-order valence-corrected chi connectivity index (χ3v) is 12.6. The number of ether oxygens (including phenoxy) is 2. The van der Waals surface area contributed by atoms with E-state index >= 15 is 0 Å². The summed E-state index contributed by atoms with van der Waals surface area (Å²) in [5.74, 6) is -0.108. The number of anilines is 2. The van der Waals surface area contributed by atoms with E-state index in [9.17, 15) is 59.3 Å². The third-order valence-electron chi connectivity index (χ3n) is 12.6. The summed E-state index contributed by atoms with van der Waals surface area (Å²) in [4.78, 5) is 36.3. The molecule has 418 valence electrons. The van der Waals surface area contributed by atoms with Gasteiger partial charge in [0.25, 0.3) is 0 Å². The molecule has 0 atom stereocenters. The molecule has 0 radical (unpaired) electrons. The predicted octanol–water partition coefficient (Wildman–Crippen LogP) is 15.7. The number of carboxylic acid groups (broad SMARTS) is 2. The summed E-state index contributed by atoms with van der Waals surface area (Å²) < 4.78 is 129. The molecule has 7 rings (SSSR count). The summed E-state index contributed by atoms with van der Waals surface area (Å²) in [5, 5.41) is 18.7. The first-order chi connectivity index (χ1) is 36.9. The second-order valence-corrected chi connectivity index (χ2v) is 19.8. The molecule has 79 heavy (non-hydrogen) atoms. The highest BCUT2D eigenvalue weighted by atomic mass is 19.4. The highest BCUT2D eigenvalue weighted by Gasteiger charge is 2.34. The number of aliphatic carboxylic acids is 2. The molecule has 0 amide bonds. The second kappa shape index (κ2) is 24.7. The number of rotatable bonds is 19. The first-order valence-electron chi connectivity index (χ1n) is 24.9. The fraction of sp³-hybridized carbons (Fsp3) is 0.300. The summed E-state index contributed by atoms with van der Waals surface area (Å²) in [6, 6.07) is 35.8. The zero-order valence-corrected chi connectivity index (χ0v) is 44.3. The molecule has 0 bridgehead atoms. The number of benzene rings is 5. The van der Waals surface area contributed by atoms with Crippen LogP contribution in [-0.4, -0.2) is 49.9 Å². The van der Waals surface area contributed by atoms with Gasteiger partial charge in [-0.05, 0) is 149 Å². The number of hydrogen-bond donors (Lipinski definition) is 2. The maximum atomic E-state index is 13.1. The van der Waals surface area contributed by atoms with Crippen LogP contribution in [0.3, 0.4) is 0 Å². The zero-order valence-electron chi connectivity index (χ0n) is 44.3. The van der Waals surface area contributed by atoms with Gasteiger partial charge in [-0.1, -0.05) is 86.1 Å². The van der Waals surface area contributed by atoms with Crippen molar-refractivity contribution in [1.29, 1.82) is 0 Å². The number of pyridine rings is 2. The Morgan fingerprint density at radius 1 is 0.481 bits per heavy atom. The quantitative estimate of drug-likeness (QED) is 0.0756. The Labute approximate surface area is 452 Å². The van der Waals surface area contributed by atoms with Crippen molar-refractivity contribution in [2.45, 2.75) is 111 Å². The monoisotopic (exact) mass is 1100 g/mol. The van der Waals surface area contributed by atoms with Gasteiger partial charge in [-0.3, -0.25) is 0 Å². The van der Waals surface area contributed by atoms with Crippen molar-refractivity contribution in [3.05, 3.63) is 190 Å². The Bertz CT molecular complexity index is 3200. The highest BCUT2D eigenvalue weighted by Crippen LogP contribution is 2.35. The molecule has 0 saturated carbocycles. The van der Waals surface area contributed by atoms with Gasteiger partial charge in [0.1, 0.15) is 23.1 Å². The Balaban J connectivity index is 0.000000259. The smallest absolute Gasteiger partial charge is 0.416 e. The maximum Gasteiger partial charge on any atom is 0.416 e. The van der Waals surface area contributed by atoms with Crippen LogP contribution < -0.4 is 19.3 Å². The molecule has 0 fully saturated rings. The largest absolute Gasteiger partial charge is 0.478 e. The lowest BCUT2D eigenvalue weighted by atomic mass is 10.1. The van der Waals surface area contributed by atoms with E-state index in [0.29, 0.717) is 57.5 Å². The van der Waals surface area contributed by atoms with Crippen molar-refractivity contribution in [2.24, 2.45) is 0 Å². The van der Waals surface area contributed by atoms with Crippen molar-refractivity contribution in [2.75, 3.05) is 16.3 Å². The number of nitrogens with zero attached hydrogens (tertiary/aromatic N) is 4. The van der Waals surface area contributed by atoms with Gasteiger partial charge in [-0.2, -0.15) is 39.5 Å². The van der Waals surface area contributed by atoms with Crippen LogP contribution in [0.1, 0.15) is 92.0 Å². The van der Waals surface area contributed by atoms with Crippen LogP contribution in [0, 0.1) is 13.8 Å². The van der Waals surface area contributed by atoms with E-state index in [2.05, 4.69) is 16.8 Å². The van der Waals surface area contributed by atoms with E-state index in [1.165, 1.54) is 64.1 Å². The second-order valence-electron chi connectivity index (χ2n) is 19.8. The van der Waals surface area contributed by atoms with Crippen molar-refractivity contribution >= 4 is 23.6 Å². The lowest BCUT2D eigenvalue weighted by molar-refractivity contribution is -0.152. The molecule has 19 heteroatoms. The number of hydrogen-bond acceptors (Lipinski definition) is 8. The fourth-order valence-electron chi connectivity index (χ4n) is 7.97. The molecule has 2 N–H and O–H groups in total. The maximum absolute atomic E-state index is 13.1. The standard InChI is InChI=1S/C32H28F6N2O3.C28H31F3N2O3/c1-20-17-22(9-16-27(20)43-30(2,3)29(41)42)19-40(18-21-7-12-24(13-8-21)31(33,34)35)28-6-4-5-26(39-28)23-10-14-25(15-11-23)32(36,37)38;1-5-6-16-33(18-20-10-15-24(19(2)17-20)36-27(3,4)26(34)35)25-9-7-8-23(32-25)21-11-13-22(14-12-21)28(29,30)31/h4-17H,18-19H2,1-3H3,(H,41,42);7-15,17H,5-6,16,18H2,1-4H3,(H,34,35). The number of halogens is 9. The molecule has 10 nitrogen and oxygen atoms in total. The Morgan fingerprint density at radius 3 is 1.18 bits per heavy atom. The van der Waals surface area contributed by atoms with Gasteiger partial charge in [0.15, 0.2) is 11.2 Å². The van der Waals surface area contributed by atoms with Gasteiger partial charge in [0.05, 0.1) is 28.1 Å². The highest BCUT2D eigenvalue weighted by molar-refractivity contribution is 5.77. The molecular weight excluding hydrogens is 1040 g/mol. The topological polar surface area (TPSA) is 125 Å². The van der Waals surface area contributed by atoms with Crippen LogP contribution in [0.15, 0.2) is 146 Å². The molecule has 0 aliphatic heterocycles. The number of alkyl halides is 9. The van der Waals surface area contributed by atoms with Crippen molar-refractivity contribution in [1.82, 2.24) is 9.97 Å². The molecule has 0 unspecified atom stereocenters. The molecule has 0 spiro atoms. The van der Waals surface area contributed by atoms with Crippen molar-refractivity contribution < 1.29 is 68.8 Å². The minimum absolute atomic E-state index is 0.172. The zero-order chi connectivity index (χ0) is 58.1. The average molecular weight is 1100 g/mol. The van der Waals surface area contributed by atoms with Crippen molar-refractivity contribution in [3.63, 3.8) is 0 Å². The first-order valence-corrected chi connectivity index (χ1v) is 24.9. The Kier molecular flexibility index (Phi) is 18.8. The summed E-state index contributed by atoms with van der Waals surface area (Å²) >= 11 is 0. The van der Waals surface area contributed by atoms with E-state index in [1.54, 1.807) is 49.4 Å². The van der Waals surface area contributed by atoms with E-state index < -0.39 is 58.4 Å². The number of unbranched alkanes of at least 4 members (excludes halogenated alkanes) is 1.